The van der Waals surface area contributed by atoms with Crippen LogP contribution in [0.3, 0.4) is 0 Å². The molecule has 1 aliphatic heterocycles. The summed E-state index contributed by atoms with van der Waals surface area (Å²) in [7, 11) is 0. The second-order valence-corrected chi connectivity index (χ2v) is 2.07. The molecular formula is C10H25NO. The lowest BCUT2D eigenvalue weighted by Gasteiger charge is -2.05. The standard InChI is InChI=1S/C6H13NO.2C2H6/c1-2-8-6-3-4-7-5-6;2*1-2/h6-7H,2-5H2,1H3;2*1-2H3. The van der Waals surface area contributed by atoms with E-state index >= 15 is 0 Å². The Morgan fingerprint density at radius 2 is 1.83 bits per heavy atom. The summed E-state index contributed by atoms with van der Waals surface area (Å²) in [6.45, 7) is 13.1. The smallest absolute Gasteiger partial charge is 0.0711 e. The van der Waals surface area contributed by atoms with E-state index in [-0.39, 0.29) is 0 Å². The molecule has 1 N–H and O–H groups in total. The maximum atomic E-state index is 5.34. The van der Waals surface area contributed by atoms with Gasteiger partial charge >= 0.3 is 0 Å². The summed E-state index contributed by atoms with van der Waals surface area (Å²) in [4.78, 5) is 0. The van der Waals surface area contributed by atoms with Gasteiger partial charge in [0.1, 0.15) is 0 Å². The van der Waals surface area contributed by atoms with E-state index in [1.54, 1.807) is 0 Å². The quantitative estimate of drug-likeness (QED) is 0.696. The molecule has 12 heavy (non-hydrogen) atoms. The van der Waals surface area contributed by atoms with Crippen molar-refractivity contribution >= 4 is 0 Å². The Labute approximate surface area is 77.7 Å². The van der Waals surface area contributed by atoms with Gasteiger partial charge in [-0.2, -0.15) is 0 Å². The highest BCUT2D eigenvalue weighted by Crippen LogP contribution is 2.01. The molecule has 76 valence electrons. The van der Waals surface area contributed by atoms with Crippen molar-refractivity contribution in [2.75, 3.05) is 19.7 Å². The third-order valence-corrected chi connectivity index (χ3v) is 1.42. The summed E-state index contributed by atoms with van der Waals surface area (Å²) in [6.07, 6.45) is 1.69. The molecule has 2 heteroatoms. The highest BCUT2D eigenvalue weighted by atomic mass is 16.5. The van der Waals surface area contributed by atoms with Gasteiger partial charge in [-0.1, -0.05) is 27.7 Å². The minimum atomic E-state index is 0.500. The van der Waals surface area contributed by atoms with E-state index in [0.29, 0.717) is 6.10 Å². The summed E-state index contributed by atoms with van der Waals surface area (Å²) >= 11 is 0. The molecule has 0 aromatic carbocycles. The van der Waals surface area contributed by atoms with Crippen LogP contribution < -0.4 is 5.32 Å². The van der Waals surface area contributed by atoms with Crippen molar-refractivity contribution in [2.45, 2.75) is 47.1 Å². The van der Waals surface area contributed by atoms with E-state index in [9.17, 15) is 0 Å². The van der Waals surface area contributed by atoms with Gasteiger partial charge in [-0.25, -0.2) is 0 Å². The third-order valence-electron chi connectivity index (χ3n) is 1.42. The van der Waals surface area contributed by atoms with Crippen molar-refractivity contribution in [2.24, 2.45) is 0 Å². The average molecular weight is 175 g/mol. The number of hydrogen-bond donors (Lipinski definition) is 1. The molecule has 0 amide bonds. The van der Waals surface area contributed by atoms with Crippen LogP contribution >= 0.6 is 0 Å². The van der Waals surface area contributed by atoms with Crippen LogP contribution in [0.4, 0.5) is 0 Å². The molecule has 0 radical (unpaired) electrons. The zero-order valence-corrected chi connectivity index (χ0v) is 9.31. The van der Waals surface area contributed by atoms with Crippen molar-refractivity contribution in [1.29, 1.82) is 0 Å². The predicted octanol–water partition coefficient (Wildman–Crippen LogP) is 2.44. The van der Waals surface area contributed by atoms with Gasteiger partial charge in [0.2, 0.25) is 0 Å². The van der Waals surface area contributed by atoms with E-state index in [1.807, 2.05) is 34.6 Å². The summed E-state index contributed by atoms with van der Waals surface area (Å²) in [5.74, 6) is 0. The van der Waals surface area contributed by atoms with Gasteiger partial charge in [0.05, 0.1) is 6.10 Å². The molecule has 1 saturated heterocycles. The molecule has 0 aromatic rings. The predicted molar refractivity (Wildman–Crippen MR) is 55.6 cm³/mol. The van der Waals surface area contributed by atoms with Gasteiger partial charge < -0.3 is 10.1 Å². The molecule has 1 aliphatic rings. The monoisotopic (exact) mass is 175 g/mol. The molecule has 0 aromatic heterocycles. The zero-order chi connectivity index (χ0) is 9.82. The van der Waals surface area contributed by atoms with E-state index in [1.165, 1.54) is 6.42 Å². The largest absolute Gasteiger partial charge is 0.377 e. The van der Waals surface area contributed by atoms with Crippen LogP contribution in [0.2, 0.25) is 0 Å². The minimum Gasteiger partial charge on any atom is -0.377 e. The summed E-state index contributed by atoms with van der Waals surface area (Å²) in [6, 6.07) is 0. The van der Waals surface area contributed by atoms with Crippen LogP contribution in [0.5, 0.6) is 0 Å². The molecule has 0 aliphatic carbocycles. The van der Waals surface area contributed by atoms with Crippen molar-refractivity contribution in [3.8, 4) is 0 Å². The van der Waals surface area contributed by atoms with Crippen molar-refractivity contribution in [1.82, 2.24) is 5.32 Å². The first kappa shape index (κ1) is 14.4. The highest BCUT2D eigenvalue weighted by molar-refractivity contribution is 4.70. The molecule has 0 bridgehead atoms. The maximum Gasteiger partial charge on any atom is 0.0711 e. The molecule has 1 unspecified atom stereocenters. The molecule has 1 heterocycles. The van der Waals surface area contributed by atoms with Crippen molar-refractivity contribution < 1.29 is 4.74 Å². The van der Waals surface area contributed by atoms with Crippen LogP contribution in [0.1, 0.15) is 41.0 Å². The Morgan fingerprint density at radius 3 is 2.17 bits per heavy atom. The first-order chi connectivity index (χ1) is 5.93. The summed E-state index contributed by atoms with van der Waals surface area (Å²) in [5.41, 5.74) is 0. The SMILES string of the molecule is CC.CC.CCOC1CCNC1. The molecule has 1 fully saturated rings. The van der Waals surface area contributed by atoms with Crippen LogP contribution in [-0.4, -0.2) is 25.8 Å². The lowest BCUT2D eigenvalue weighted by molar-refractivity contribution is 0.0775. The highest BCUT2D eigenvalue weighted by Gasteiger charge is 2.12. The van der Waals surface area contributed by atoms with E-state index < -0.39 is 0 Å². The first-order valence-corrected chi connectivity index (χ1v) is 5.26. The molecule has 2 nitrogen and oxygen atoms in total. The maximum absolute atomic E-state index is 5.34. The normalized spacial score (nSPS) is 20.2. The zero-order valence-electron chi connectivity index (χ0n) is 9.31. The van der Waals surface area contributed by atoms with Gasteiger partial charge in [0.25, 0.3) is 0 Å². The van der Waals surface area contributed by atoms with Gasteiger partial charge in [0, 0.05) is 13.2 Å². The minimum absolute atomic E-state index is 0.500. The molecule has 1 rings (SSSR count). The first-order valence-electron chi connectivity index (χ1n) is 5.26. The summed E-state index contributed by atoms with van der Waals surface area (Å²) < 4.78 is 5.34. The lowest BCUT2D eigenvalue weighted by atomic mass is 10.3. The van der Waals surface area contributed by atoms with Gasteiger partial charge in [-0.15, -0.1) is 0 Å². The number of rotatable bonds is 2. The van der Waals surface area contributed by atoms with Crippen LogP contribution in [0.25, 0.3) is 0 Å². The Hall–Kier alpha value is -0.0800. The second-order valence-electron chi connectivity index (χ2n) is 2.07. The fourth-order valence-corrected chi connectivity index (χ4v) is 1.01. The molecule has 1 atom stereocenters. The van der Waals surface area contributed by atoms with Crippen LogP contribution in [0, 0.1) is 0 Å². The Morgan fingerprint density at radius 1 is 1.25 bits per heavy atom. The molecule has 0 spiro atoms. The van der Waals surface area contributed by atoms with E-state index in [4.69, 9.17) is 4.74 Å². The topological polar surface area (TPSA) is 21.3 Å². The Balaban J connectivity index is 0. The molecule has 0 saturated carbocycles. The molecular weight excluding hydrogens is 150 g/mol. The second kappa shape index (κ2) is 13.5. The van der Waals surface area contributed by atoms with Gasteiger partial charge in [-0.3, -0.25) is 0 Å². The Bertz CT molecular complexity index is 60.9. The Kier molecular flexibility index (Phi) is 16.3. The van der Waals surface area contributed by atoms with Gasteiger partial charge in [0.15, 0.2) is 0 Å². The fourth-order valence-electron chi connectivity index (χ4n) is 1.01. The van der Waals surface area contributed by atoms with Crippen molar-refractivity contribution in [3.05, 3.63) is 0 Å². The average Bonchev–Trinajstić information content (AvgIpc) is 2.65. The van der Waals surface area contributed by atoms with Crippen LogP contribution in [-0.2, 0) is 4.74 Å². The summed E-state index contributed by atoms with van der Waals surface area (Å²) in [5, 5.41) is 3.23. The van der Waals surface area contributed by atoms with E-state index in [2.05, 4.69) is 5.32 Å². The number of nitrogens with one attached hydrogen (secondary N) is 1. The third kappa shape index (κ3) is 8.02. The number of hydrogen-bond acceptors (Lipinski definition) is 2. The fraction of sp³-hybridized carbons (Fsp3) is 1.00. The van der Waals surface area contributed by atoms with Gasteiger partial charge in [-0.05, 0) is 19.9 Å². The number of ether oxygens (including phenoxy) is 1. The van der Waals surface area contributed by atoms with Crippen LogP contribution in [0.15, 0.2) is 0 Å². The lowest BCUT2D eigenvalue weighted by Crippen LogP contribution is -2.16. The van der Waals surface area contributed by atoms with Crippen molar-refractivity contribution in [3.63, 3.8) is 0 Å². The van der Waals surface area contributed by atoms with E-state index in [0.717, 1.165) is 19.7 Å².